The minimum atomic E-state index is -3.52. The Morgan fingerprint density at radius 2 is 1.90 bits per heavy atom. The number of Topliss-reactive ketones (excluding diaryl/α,β-unsaturated/α-hetero) is 1. The summed E-state index contributed by atoms with van der Waals surface area (Å²) in [5.41, 5.74) is 1.76. The molecule has 21 heavy (non-hydrogen) atoms. The standard InChI is InChI=1S/C16H19NO3S/c1-11-3-6-14(7-4-11)21(19,20)17-10-12(2)15-9-13(17)5-8-16(15)18/h3-4,6-7,13,15H,2,5,8-10H2,1H3/t13-,15+/m1/s1. The molecule has 1 aliphatic carbocycles. The molecule has 1 aliphatic heterocycles. The summed E-state index contributed by atoms with van der Waals surface area (Å²) < 4.78 is 27.2. The number of sulfonamides is 1. The summed E-state index contributed by atoms with van der Waals surface area (Å²) in [6.07, 6.45) is 1.66. The molecule has 4 nitrogen and oxygen atoms in total. The van der Waals surface area contributed by atoms with Gasteiger partial charge in [-0.05, 0) is 31.9 Å². The summed E-state index contributed by atoms with van der Waals surface area (Å²) in [5.74, 6) is 0.0665. The van der Waals surface area contributed by atoms with Gasteiger partial charge in [-0.15, -0.1) is 0 Å². The van der Waals surface area contributed by atoms with Gasteiger partial charge in [-0.2, -0.15) is 4.31 Å². The first kappa shape index (κ1) is 14.5. The normalized spacial score (nSPS) is 26.9. The van der Waals surface area contributed by atoms with E-state index in [0.29, 0.717) is 24.2 Å². The Hall–Kier alpha value is -1.46. The van der Waals surface area contributed by atoms with Crippen molar-refractivity contribution in [3.05, 3.63) is 42.0 Å². The van der Waals surface area contributed by atoms with Crippen LogP contribution in [0.2, 0.25) is 0 Å². The van der Waals surface area contributed by atoms with Gasteiger partial charge in [0.05, 0.1) is 4.90 Å². The van der Waals surface area contributed by atoms with Crippen LogP contribution in [-0.2, 0) is 14.8 Å². The summed E-state index contributed by atoms with van der Waals surface area (Å²) in [7, 11) is -3.52. The second kappa shape index (κ2) is 5.07. The number of carbonyl (C=O) groups excluding carboxylic acids is 1. The molecule has 2 bridgehead atoms. The zero-order valence-corrected chi connectivity index (χ0v) is 12.9. The quantitative estimate of drug-likeness (QED) is 0.788. The third-order valence-corrected chi connectivity index (χ3v) is 6.42. The molecule has 2 aliphatic rings. The van der Waals surface area contributed by atoms with E-state index in [4.69, 9.17) is 0 Å². The van der Waals surface area contributed by atoms with Crippen LogP contribution in [0.15, 0.2) is 41.3 Å². The molecule has 0 unspecified atom stereocenters. The van der Waals surface area contributed by atoms with Crippen LogP contribution >= 0.6 is 0 Å². The van der Waals surface area contributed by atoms with Gasteiger partial charge in [-0.25, -0.2) is 8.42 Å². The lowest BCUT2D eigenvalue weighted by atomic mass is 9.77. The van der Waals surface area contributed by atoms with E-state index in [0.717, 1.165) is 11.1 Å². The zero-order chi connectivity index (χ0) is 15.2. The van der Waals surface area contributed by atoms with E-state index in [2.05, 4.69) is 6.58 Å². The fourth-order valence-electron chi connectivity index (χ4n) is 3.23. The average molecular weight is 305 g/mol. The van der Waals surface area contributed by atoms with E-state index >= 15 is 0 Å². The van der Waals surface area contributed by atoms with Gasteiger partial charge in [-0.3, -0.25) is 4.79 Å². The number of hydrogen-bond acceptors (Lipinski definition) is 3. The Balaban J connectivity index is 1.94. The lowest BCUT2D eigenvalue weighted by Gasteiger charge is -2.42. The van der Waals surface area contributed by atoms with Crippen molar-refractivity contribution >= 4 is 15.8 Å². The molecule has 2 atom stereocenters. The molecule has 112 valence electrons. The van der Waals surface area contributed by atoms with E-state index in [1.54, 1.807) is 24.3 Å². The first-order chi connectivity index (χ1) is 9.89. The van der Waals surface area contributed by atoms with Gasteiger partial charge in [0.15, 0.2) is 0 Å². The van der Waals surface area contributed by atoms with Crippen LogP contribution < -0.4 is 0 Å². The molecule has 0 aromatic heterocycles. The maximum absolute atomic E-state index is 12.8. The lowest BCUT2D eigenvalue weighted by Crippen LogP contribution is -2.51. The number of carbonyl (C=O) groups is 1. The van der Waals surface area contributed by atoms with Crippen molar-refractivity contribution in [2.24, 2.45) is 5.92 Å². The topological polar surface area (TPSA) is 54.5 Å². The zero-order valence-electron chi connectivity index (χ0n) is 12.1. The third-order valence-electron chi connectivity index (χ3n) is 4.51. The summed E-state index contributed by atoms with van der Waals surface area (Å²) >= 11 is 0. The predicted octanol–water partition coefficient (Wildman–Crippen LogP) is 2.29. The van der Waals surface area contributed by atoms with Crippen LogP contribution in [0.1, 0.15) is 24.8 Å². The van der Waals surface area contributed by atoms with Gasteiger partial charge in [0, 0.05) is 24.9 Å². The van der Waals surface area contributed by atoms with Crippen molar-refractivity contribution in [1.82, 2.24) is 4.31 Å². The first-order valence-corrected chi connectivity index (χ1v) is 8.62. The van der Waals surface area contributed by atoms with Crippen LogP contribution in [-0.4, -0.2) is 31.1 Å². The molecule has 1 aromatic rings. The Kier molecular flexibility index (Phi) is 3.50. The highest BCUT2D eigenvalue weighted by Gasteiger charge is 2.43. The smallest absolute Gasteiger partial charge is 0.243 e. The van der Waals surface area contributed by atoms with Crippen molar-refractivity contribution in [1.29, 1.82) is 0 Å². The van der Waals surface area contributed by atoms with E-state index in [9.17, 15) is 13.2 Å². The molecule has 0 spiro atoms. The van der Waals surface area contributed by atoms with Crippen molar-refractivity contribution in [2.45, 2.75) is 37.1 Å². The third kappa shape index (κ3) is 2.45. The molecule has 1 aromatic carbocycles. The van der Waals surface area contributed by atoms with E-state index in [1.165, 1.54) is 4.31 Å². The van der Waals surface area contributed by atoms with E-state index in [1.807, 2.05) is 6.92 Å². The second-order valence-electron chi connectivity index (χ2n) is 5.97. The number of piperidine rings is 1. The van der Waals surface area contributed by atoms with Gasteiger partial charge in [0.1, 0.15) is 5.78 Å². The SMILES string of the molecule is C=C1CN(S(=O)(=O)c2ccc(C)cc2)[C@@H]2CCC(=O)[C@H]1C2. The second-order valence-corrected chi connectivity index (χ2v) is 7.86. The summed E-state index contributed by atoms with van der Waals surface area (Å²) in [6, 6.07) is 6.82. The predicted molar refractivity (Wildman–Crippen MR) is 80.3 cm³/mol. The highest BCUT2D eigenvalue weighted by atomic mass is 32.2. The van der Waals surface area contributed by atoms with Crippen LogP contribution in [0.25, 0.3) is 0 Å². The Labute approximate surface area is 125 Å². The lowest BCUT2D eigenvalue weighted by molar-refractivity contribution is -0.125. The van der Waals surface area contributed by atoms with E-state index in [-0.39, 0.29) is 24.3 Å². The molecule has 0 amide bonds. The fourth-order valence-corrected chi connectivity index (χ4v) is 4.90. The van der Waals surface area contributed by atoms with E-state index < -0.39 is 10.0 Å². The molecule has 1 heterocycles. The van der Waals surface area contributed by atoms with Crippen LogP contribution in [0.5, 0.6) is 0 Å². The van der Waals surface area contributed by atoms with Gasteiger partial charge < -0.3 is 0 Å². The Bertz CT molecular complexity index is 691. The van der Waals surface area contributed by atoms with Crippen molar-refractivity contribution in [3.8, 4) is 0 Å². The number of benzene rings is 1. The van der Waals surface area contributed by atoms with Gasteiger partial charge in [-0.1, -0.05) is 29.8 Å². The minimum absolute atomic E-state index is 0.0792. The van der Waals surface area contributed by atoms with Gasteiger partial charge >= 0.3 is 0 Å². The average Bonchev–Trinajstić information content (AvgIpc) is 2.45. The summed E-state index contributed by atoms with van der Waals surface area (Å²) in [5, 5.41) is 0. The molecule has 1 saturated heterocycles. The van der Waals surface area contributed by atoms with Crippen molar-refractivity contribution in [2.75, 3.05) is 6.54 Å². The molecule has 1 saturated carbocycles. The monoisotopic (exact) mass is 305 g/mol. The van der Waals surface area contributed by atoms with Gasteiger partial charge in [0.25, 0.3) is 0 Å². The summed E-state index contributed by atoms with van der Waals surface area (Å²) in [6.45, 7) is 6.12. The van der Waals surface area contributed by atoms with Gasteiger partial charge in [0.2, 0.25) is 10.0 Å². The number of nitrogens with zero attached hydrogens (tertiary/aromatic N) is 1. The highest BCUT2D eigenvalue weighted by Crippen LogP contribution is 2.37. The first-order valence-electron chi connectivity index (χ1n) is 7.18. The van der Waals surface area contributed by atoms with Crippen LogP contribution in [0.4, 0.5) is 0 Å². The molecule has 0 N–H and O–H groups in total. The molecule has 5 heteroatoms. The highest BCUT2D eigenvalue weighted by molar-refractivity contribution is 7.89. The Morgan fingerprint density at radius 1 is 1.24 bits per heavy atom. The van der Waals surface area contributed by atoms with Crippen molar-refractivity contribution < 1.29 is 13.2 Å². The molecular weight excluding hydrogens is 286 g/mol. The van der Waals surface area contributed by atoms with Crippen LogP contribution in [0, 0.1) is 12.8 Å². The molecule has 2 fully saturated rings. The Morgan fingerprint density at radius 3 is 2.57 bits per heavy atom. The van der Waals surface area contributed by atoms with Crippen LogP contribution in [0.3, 0.4) is 0 Å². The minimum Gasteiger partial charge on any atom is -0.299 e. The molecule has 0 radical (unpaired) electrons. The number of rotatable bonds is 2. The largest absolute Gasteiger partial charge is 0.299 e. The number of hydrogen-bond donors (Lipinski definition) is 0. The maximum Gasteiger partial charge on any atom is 0.243 e. The molecule has 3 rings (SSSR count). The molecular formula is C16H19NO3S. The number of aryl methyl sites for hydroxylation is 1. The van der Waals surface area contributed by atoms with Crippen molar-refractivity contribution in [3.63, 3.8) is 0 Å². The number of fused-ring (bicyclic) bond motifs is 2. The summed E-state index contributed by atoms with van der Waals surface area (Å²) in [4.78, 5) is 12.2. The maximum atomic E-state index is 12.8. The fraction of sp³-hybridized carbons (Fsp3) is 0.438. The number of ketones is 1.